The van der Waals surface area contributed by atoms with E-state index in [0.717, 1.165) is 16.2 Å². The molecule has 33 heavy (non-hydrogen) atoms. The van der Waals surface area contributed by atoms with Gasteiger partial charge in [0.1, 0.15) is 18.8 Å². The first-order valence-corrected chi connectivity index (χ1v) is 10.2. The molecule has 3 amide bonds. The lowest BCUT2D eigenvalue weighted by molar-refractivity contribution is -0.140. The fraction of sp³-hybridized carbons (Fsp3) is 0.304. The molecule has 0 aliphatic rings. The van der Waals surface area contributed by atoms with E-state index in [1.54, 1.807) is 45.0 Å². The molecule has 176 valence electrons. The molecule has 0 fully saturated rings. The number of amides is 3. The predicted molar refractivity (Wildman–Crippen MR) is 121 cm³/mol. The van der Waals surface area contributed by atoms with Gasteiger partial charge >= 0.3 is 18.1 Å². The van der Waals surface area contributed by atoms with Crippen molar-refractivity contribution in [1.29, 1.82) is 0 Å². The number of hydrogen-bond donors (Lipinski definition) is 3. The number of aliphatic carboxylic acids is 1. The number of carbonyl (C=O) groups excluding carboxylic acids is 2. The highest BCUT2D eigenvalue weighted by atomic mass is 16.7. The van der Waals surface area contributed by atoms with Gasteiger partial charge in [0.2, 0.25) is 0 Å². The fourth-order valence-electron chi connectivity index (χ4n) is 2.48. The number of rotatable bonds is 9. The van der Waals surface area contributed by atoms with E-state index in [9.17, 15) is 14.4 Å². The zero-order valence-corrected chi connectivity index (χ0v) is 18.8. The van der Waals surface area contributed by atoms with Crippen LogP contribution in [0.2, 0.25) is 0 Å². The Labute approximate surface area is 192 Å². The molecule has 0 saturated heterocycles. The van der Waals surface area contributed by atoms with Gasteiger partial charge in [-0.1, -0.05) is 54.6 Å². The quantitative estimate of drug-likeness (QED) is 0.392. The molecule has 0 aliphatic heterocycles. The van der Waals surface area contributed by atoms with Crippen LogP contribution in [0.5, 0.6) is 0 Å². The maximum Gasteiger partial charge on any atom is 0.428 e. The van der Waals surface area contributed by atoms with Gasteiger partial charge in [-0.15, -0.1) is 0 Å². The fourth-order valence-corrected chi connectivity index (χ4v) is 2.48. The largest absolute Gasteiger partial charge is 0.480 e. The van der Waals surface area contributed by atoms with Crippen molar-refractivity contribution in [3.05, 3.63) is 71.3 Å². The Morgan fingerprint density at radius 3 is 2.30 bits per heavy atom. The van der Waals surface area contributed by atoms with E-state index in [1.807, 2.05) is 30.3 Å². The molecule has 3 N–H and O–H groups in total. The van der Waals surface area contributed by atoms with Gasteiger partial charge in [0.15, 0.2) is 0 Å². The van der Waals surface area contributed by atoms with Crippen LogP contribution in [0.15, 0.2) is 59.7 Å². The number of hydroxylamine groups is 2. The molecule has 0 atom stereocenters. The maximum absolute atomic E-state index is 12.4. The molecule has 2 aromatic carbocycles. The Kier molecular flexibility index (Phi) is 9.37. The Morgan fingerprint density at radius 1 is 1.03 bits per heavy atom. The molecule has 2 rings (SSSR count). The Balaban J connectivity index is 1.98. The lowest BCUT2D eigenvalue weighted by atomic mass is 10.1. The zero-order chi connectivity index (χ0) is 24.3. The van der Waals surface area contributed by atoms with Crippen LogP contribution in [0.4, 0.5) is 9.59 Å². The smallest absolute Gasteiger partial charge is 0.428 e. The third-order valence-electron chi connectivity index (χ3n) is 3.92. The van der Waals surface area contributed by atoms with Gasteiger partial charge in [0, 0.05) is 0 Å². The molecule has 10 nitrogen and oxygen atoms in total. The van der Waals surface area contributed by atoms with Crippen LogP contribution in [0.1, 0.15) is 37.5 Å². The van der Waals surface area contributed by atoms with Gasteiger partial charge in [-0.3, -0.25) is 9.63 Å². The van der Waals surface area contributed by atoms with Gasteiger partial charge in [-0.2, -0.15) is 10.2 Å². The van der Waals surface area contributed by atoms with E-state index in [1.165, 1.54) is 6.21 Å². The molecular weight excluding hydrogens is 428 g/mol. The Morgan fingerprint density at radius 2 is 1.70 bits per heavy atom. The molecule has 0 spiro atoms. The van der Waals surface area contributed by atoms with Crippen LogP contribution in [-0.4, -0.2) is 46.6 Å². The van der Waals surface area contributed by atoms with Crippen LogP contribution in [0.3, 0.4) is 0 Å². The van der Waals surface area contributed by atoms with E-state index in [0.29, 0.717) is 5.56 Å². The first-order chi connectivity index (χ1) is 15.6. The van der Waals surface area contributed by atoms with Crippen molar-refractivity contribution in [3.63, 3.8) is 0 Å². The molecule has 0 bridgehead atoms. The SMILES string of the molecule is CC(C)(C)OC(=O)NN=Cc1ccc(CN(OCc2ccccc2)C(=O)NCC(=O)O)cc1. The van der Waals surface area contributed by atoms with Crippen molar-refractivity contribution in [1.82, 2.24) is 15.8 Å². The highest BCUT2D eigenvalue weighted by molar-refractivity contribution is 5.81. The summed E-state index contributed by atoms with van der Waals surface area (Å²) in [5.74, 6) is -1.16. The molecule has 2 aromatic rings. The highest BCUT2D eigenvalue weighted by Gasteiger charge is 2.17. The lowest BCUT2D eigenvalue weighted by Crippen LogP contribution is -2.41. The first-order valence-electron chi connectivity index (χ1n) is 10.2. The second-order valence-corrected chi connectivity index (χ2v) is 7.96. The standard InChI is InChI=1S/C23H28N4O6/c1-23(2,3)33-22(31)26-25-13-17-9-11-18(12-10-17)15-27(21(30)24-14-20(28)29)32-16-19-7-5-4-6-8-19/h4-13H,14-16H2,1-3H3,(H,24,30)(H,26,31)(H,28,29). The van der Waals surface area contributed by atoms with Crippen LogP contribution >= 0.6 is 0 Å². The van der Waals surface area contributed by atoms with Gasteiger partial charge in [0.05, 0.1) is 12.8 Å². The minimum Gasteiger partial charge on any atom is -0.480 e. The molecule has 0 saturated carbocycles. The number of nitrogens with zero attached hydrogens (tertiary/aromatic N) is 2. The molecule has 0 radical (unpaired) electrons. The van der Waals surface area contributed by atoms with E-state index in [2.05, 4.69) is 15.8 Å². The summed E-state index contributed by atoms with van der Waals surface area (Å²) in [5, 5.41) is 16.0. The van der Waals surface area contributed by atoms with Crippen molar-refractivity contribution in [2.75, 3.05) is 6.54 Å². The first kappa shape index (κ1) is 25.3. The lowest BCUT2D eigenvalue weighted by Gasteiger charge is -2.22. The van der Waals surface area contributed by atoms with E-state index in [4.69, 9.17) is 14.7 Å². The summed E-state index contributed by atoms with van der Waals surface area (Å²) in [4.78, 5) is 40.4. The highest BCUT2D eigenvalue weighted by Crippen LogP contribution is 2.10. The molecule has 0 heterocycles. The molecule has 0 aromatic heterocycles. The Hall–Kier alpha value is -3.92. The average Bonchev–Trinajstić information content (AvgIpc) is 2.75. The summed E-state index contributed by atoms with van der Waals surface area (Å²) in [6, 6.07) is 15.6. The minimum atomic E-state index is -1.16. The monoisotopic (exact) mass is 456 g/mol. The number of urea groups is 1. The summed E-state index contributed by atoms with van der Waals surface area (Å²) in [6.07, 6.45) is 0.797. The van der Waals surface area contributed by atoms with Crippen LogP contribution in [0, 0.1) is 0 Å². The number of benzene rings is 2. The molecule has 0 aliphatic carbocycles. The number of carboxylic acids is 1. The van der Waals surface area contributed by atoms with E-state index >= 15 is 0 Å². The maximum atomic E-state index is 12.4. The van der Waals surface area contributed by atoms with Gasteiger partial charge in [-0.25, -0.2) is 15.0 Å². The number of hydrazone groups is 1. The summed E-state index contributed by atoms with van der Waals surface area (Å²) in [7, 11) is 0. The summed E-state index contributed by atoms with van der Waals surface area (Å²) in [5.41, 5.74) is 3.98. The Bertz CT molecular complexity index is 955. The van der Waals surface area contributed by atoms with Crippen molar-refractivity contribution in [3.8, 4) is 0 Å². The molecular formula is C23H28N4O6. The summed E-state index contributed by atoms with van der Waals surface area (Å²) >= 11 is 0. The van der Waals surface area contributed by atoms with Crippen molar-refractivity contribution in [2.24, 2.45) is 5.10 Å². The van der Waals surface area contributed by atoms with Crippen molar-refractivity contribution < 1.29 is 29.1 Å². The third-order valence-corrected chi connectivity index (χ3v) is 3.92. The van der Waals surface area contributed by atoms with Crippen molar-refractivity contribution in [2.45, 2.75) is 39.5 Å². The average molecular weight is 456 g/mol. The number of carbonyl (C=O) groups is 3. The summed E-state index contributed by atoms with van der Waals surface area (Å²) < 4.78 is 5.09. The molecule has 10 heteroatoms. The van der Waals surface area contributed by atoms with Crippen LogP contribution in [-0.2, 0) is 27.5 Å². The van der Waals surface area contributed by atoms with Crippen LogP contribution < -0.4 is 10.7 Å². The second-order valence-electron chi connectivity index (χ2n) is 7.96. The second kappa shape index (κ2) is 12.2. The minimum absolute atomic E-state index is 0.0892. The predicted octanol–water partition coefficient (Wildman–Crippen LogP) is 3.27. The van der Waals surface area contributed by atoms with Gasteiger partial charge < -0.3 is 15.2 Å². The zero-order valence-electron chi connectivity index (χ0n) is 18.8. The number of hydrogen-bond acceptors (Lipinski definition) is 6. The van der Waals surface area contributed by atoms with Crippen molar-refractivity contribution >= 4 is 24.3 Å². The summed E-state index contributed by atoms with van der Waals surface area (Å²) in [6.45, 7) is 4.97. The van der Waals surface area contributed by atoms with E-state index in [-0.39, 0.29) is 13.2 Å². The van der Waals surface area contributed by atoms with Crippen LogP contribution in [0.25, 0.3) is 0 Å². The number of ether oxygens (including phenoxy) is 1. The third kappa shape index (κ3) is 10.3. The van der Waals surface area contributed by atoms with E-state index < -0.39 is 30.2 Å². The number of carboxylic acid groups (broad SMARTS) is 1. The van der Waals surface area contributed by atoms with Gasteiger partial charge in [-0.05, 0) is 37.5 Å². The number of nitrogens with one attached hydrogen (secondary N) is 2. The van der Waals surface area contributed by atoms with Gasteiger partial charge in [0.25, 0.3) is 0 Å². The normalized spacial score (nSPS) is 11.1. The topological polar surface area (TPSA) is 130 Å². The molecule has 0 unspecified atom stereocenters.